The van der Waals surface area contributed by atoms with Crippen molar-refractivity contribution in [3.8, 4) is 0 Å². The van der Waals surface area contributed by atoms with E-state index in [4.69, 9.17) is 9.84 Å². The molecule has 1 atom stereocenters. The van der Waals surface area contributed by atoms with Crippen LogP contribution in [0.4, 0.5) is 18.0 Å². The van der Waals surface area contributed by atoms with Crippen LogP contribution in [-0.4, -0.2) is 34.6 Å². The number of carboxylic acids is 1. The van der Waals surface area contributed by atoms with Crippen molar-refractivity contribution in [3.63, 3.8) is 0 Å². The first-order valence-corrected chi connectivity index (χ1v) is 7.31. The summed E-state index contributed by atoms with van der Waals surface area (Å²) in [4.78, 5) is 34.7. The van der Waals surface area contributed by atoms with Gasteiger partial charge in [0.25, 0.3) is 0 Å². The average Bonchev–Trinajstić information content (AvgIpc) is 2.45. The van der Waals surface area contributed by atoms with Crippen molar-refractivity contribution in [1.29, 1.82) is 0 Å². The van der Waals surface area contributed by atoms with Gasteiger partial charge < -0.3 is 15.2 Å². The molecule has 1 rings (SSSR count). The van der Waals surface area contributed by atoms with E-state index in [-0.39, 0.29) is 6.42 Å². The highest BCUT2D eigenvalue weighted by atomic mass is 19.2. The highest BCUT2D eigenvalue weighted by Crippen LogP contribution is 2.16. The molecule has 0 saturated carbocycles. The van der Waals surface area contributed by atoms with Gasteiger partial charge in [-0.15, -0.1) is 0 Å². The summed E-state index contributed by atoms with van der Waals surface area (Å²) in [5.74, 6) is -6.95. The molecular weight excluding hydrogens is 343 g/mol. The first-order chi connectivity index (χ1) is 11.4. The minimum Gasteiger partial charge on any atom is -0.480 e. The van der Waals surface area contributed by atoms with Crippen LogP contribution in [-0.2, 0) is 9.53 Å². The maximum absolute atomic E-state index is 13.1. The van der Waals surface area contributed by atoms with Crippen LogP contribution in [0.25, 0.3) is 0 Å². The molecule has 0 fully saturated rings. The second kappa shape index (κ2) is 8.00. The lowest BCUT2D eigenvalue weighted by Crippen LogP contribution is -2.43. The fourth-order valence-corrected chi connectivity index (χ4v) is 1.84. The number of hydrogen-bond acceptors (Lipinski definition) is 4. The second-order valence-corrected chi connectivity index (χ2v) is 6.25. The molecule has 0 heterocycles. The summed E-state index contributed by atoms with van der Waals surface area (Å²) >= 11 is 0. The number of carbonyl (C=O) groups is 3. The molecular formula is C16H18F3NO5. The molecule has 9 heteroatoms. The molecule has 0 aliphatic heterocycles. The average molecular weight is 361 g/mol. The predicted molar refractivity (Wildman–Crippen MR) is 80.7 cm³/mol. The molecule has 1 unspecified atom stereocenters. The fourth-order valence-electron chi connectivity index (χ4n) is 1.84. The van der Waals surface area contributed by atoms with Gasteiger partial charge in [-0.25, -0.2) is 22.8 Å². The lowest BCUT2D eigenvalue weighted by Gasteiger charge is -2.21. The van der Waals surface area contributed by atoms with Gasteiger partial charge in [-0.2, -0.15) is 0 Å². The Balaban J connectivity index is 2.73. The Morgan fingerprint density at radius 1 is 1.16 bits per heavy atom. The quantitative estimate of drug-likeness (QED) is 0.600. The summed E-state index contributed by atoms with van der Waals surface area (Å²) in [5.41, 5.74) is -1.27. The SMILES string of the molecule is CC(C)(C)OC(=O)NC(CCC(=O)c1cc(F)c(F)c(F)c1)C(=O)O. The molecule has 0 aliphatic carbocycles. The van der Waals surface area contributed by atoms with Gasteiger partial charge in [-0.05, 0) is 39.3 Å². The highest BCUT2D eigenvalue weighted by molar-refractivity contribution is 5.96. The molecule has 1 aromatic carbocycles. The Hall–Kier alpha value is -2.58. The summed E-state index contributed by atoms with van der Waals surface area (Å²) in [6.45, 7) is 4.76. The number of hydrogen-bond donors (Lipinski definition) is 2. The van der Waals surface area contributed by atoms with Gasteiger partial charge in [-0.1, -0.05) is 0 Å². The number of halogens is 3. The number of ketones is 1. The van der Waals surface area contributed by atoms with Gasteiger partial charge in [0.2, 0.25) is 0 Å². The highest BCUT2D eigenvalue weighted by Gasteiger charge is 2.25. The number of alkyl carbamates (subject to hydrolysis) is 1. The Morgan fingerprint density at radius 3 is 2.12 bits per heavy atom. The first kappa shape index (κ1) is 20.5. The van der Waals surface area contributed by atoms with Crippen LogP contribution >= 0.6 is 0 Å². The number of amides is 1. The third kappa shape index (κ3) is 6.44. The zero-order valence-corrected chi connectivity index (χ0v) is 13.9. The van der Waals surface area contributed by atoms with Crippen molar-refractivity contribution in [1.82, 2.24) is 5.32 Å². The van der Waals surface area contributed by atoms with E-state index in [2.05, 4.69) is 5.32 Å². The minimum absolute atomic E-state index is 0.339. The maximum Gasteiger partial charge on any atom is 0.408 e. The number of nitrogens with one attached hydrogen (secondary N) is 1. The molecule has 0 radical (unpaired) electrons. The van der Waals surface area contributed by atoms with E-state index in [0.717, 1.165) is 0 Å². The molecule has 25 heavy (non-hydrogen) atoms. The number of benzene rings is 1. The van der Waals surface area contributed by atoms with Crippen molar-refractivity contribution in [2.75, 3.05) is 0 Å². The second-order valence-electron chi connectivity index (χ2n) is 6.25. The lowest BCUT2D eigenvalue weighted by molar-refractivity contribution is -0.139. The molecule has 0 aliphatic rings. The lowest BCUT2D eigenvalue weighted by atomic mass is 10.0. The molecule has 2 N–H and O–H groups in total. The molecule has 1 amide bonds. The molecule has 6 nitrogen and oxygen atoms in total. The molecule has 0 saturated heterocycles. The van der Waals surface area contributed by atoms with Crippen molar-refractivity contribution in [3.05, 3.63) is 35.1 Å². The number of carboxylic acid groups (broad SMARTS) is 1. The zero-order valence-electron chi connectivity index (χ0n) is 13.9. The molecule has 1 aromatic rings. The van der Waals surface area contributed by atoms with E-state index in [1.54, 1.807) is 20.8 Å². The monoisotopic (exact) mass is 361 g/mol. The smallest absolute Gasteiger partial charge is 0.408 e. The van der Waals surface area contributed by atoms with Gasteiger partial charge >= 0.3 is 12.1 Å². The number of ether oxygens (including phenoxy) is 1. The first-order valence-electron chi connectivity index (χ1n) is 7.31. The van der Waals surface area contributed by atoms with Crippen LogP contribution in [0.1, 0.15) is 44.0 Å². The largest absolute Gasteiger partial charge is 0.480 e. The molecule has 0 bridgehead atoms. The Morgan fingerprint density at radius 2 is 1.68 bits per heavy atom. The molecule has 0 aromatic heterocycles. The van der Waals surface area contributed by atoms with Gasteiger partial charge in [0.05, 0.1) is 0 Å². The zero-order chi connectivity index (χ0) is 19.4. The molecule has 0 spiro atoms. The van der Waals surface area contributed by atoms with Crippen LogP contribution in [0.15, 0.2) is 12.1 Å². The van der Waals surface area contributed by atoms with Gasteiger partial charge in [0.1, 0.15) is 11.6 Å². The summed E-state index contributed by atoms with van der Waals surface area (Å²) in [6, 6.07) is -0.385. The predicted octanol–water partition coefficient (Wildman–Crippen LogP) is 3.04. The van der Waals surface area contributed by atoms with Crippen LogP contribution in [0.5, 0.6) is 0 Å². The Kier molecular flexibility index (Phi) is 6.55. The topological polar surface area (TPSA) is 92.7 Å². The summed E-state index contributed by atoms with van der Waals surface area (Å²) < 4.78 is 44.0. The van der Waals surface area contributed by atoms with Gasteiger partial charge in [0.15, 0.2) is 23.2 Å². The normalized spacial score (nSPS) is 12.4. The Bertz CT molecular complexity index is 662. The summed E-state index contributed by atoms with van der Waals surface area (Å²) in [5, 5.41) is 11.2. The maximum atomic E-state index is 13.1. The standard InChI is InChI=1S/C16H18F3NO5/c1-16(2,3)25-15(24)20-11(14(22)23)4-5-12(21)8-6-9(17)13(19)10(18)7-8/h6-7,11H,4-5H2,1-3H3,(H,20,24)(H,22,23). The van der Waals surface area contributed by atoms with E-state index >= 15 is 0 Å². The number of rotatable bonds is 6. The van der Waals surface area contributed by atoms with E-state index in [1.165, 1.54) is 0 Å². The van der Waals surface area contributed by atoms with Crippen molar-refractivity contribution in [2.45, 2.75) is 45.3 Å². The van der Waals surface area contributed by atoms with Crippen LogP contribution in [0.2, 0.25) is 0 Å². The number of carbonyl (C=O) groups excluding carboxylic acids is 2. The van der Waals surface area contributed by atoms with Crippen LogP contribution in [0, 0.1) is 17.5 Å². The van der Waals surface area contributed by atoms with Gasteiger partial charge in [-0.3, -0.25) is 4.79 Å². The minimum atomic E-state index is -1.70. The van der Waals surface area contributed by atoms with E-state index in [0.29, 0.717) is 12.1 Å². The van der Waals surface area contributed by atoms with Gasteiger partial charge in [0, 0.05) is 12.0 Å². The number of aliphatic carboxylic acids is 1. The van der Waals surface area contributed by atoms with Crippen molar-refractivity contribution < 1.29 is 37.4 Å². The third-order valence-corrected chi connectivity index (χ3v) is 2.95. The third-order valence-electron chi connectivity index (χ3n) is 2.95. The Labute approximate surface area is 142 Å². The summed E-state index contributed by atoms with van der Waals surface area (Å²) in [6.07, 6.45) is -1.75. The summed E-state index contributed by atoms with van der Waals surface area (Å²) in [7, 11) is 0. The van der Waals surface area contributed by atoms with Crippen molar-refractivity contribution in [2.24, 2.45) is 0 Å². The van der Waals surface area contributed by atoms with E-state index in [9.17, 15) is 27.6 Å². The molecule has 138 valence electrons. The van der Waals surface area contributed by atoms with Crippen molar-refractivity contribution >= 4 is 17.8 Å². The van der Waals surface area contributed by atoms with E-state index in [1.807, 2.05) is 0 Å². The van der Waals surface area contributed by atoms with E-state index < -0.39 is 58.9 Å². The van der Waals surface area contributed by atoms with Crippen LogP contribution in [0.3, 0.4) is 0 Å². The fraction of sp³-hybridized carbons (Fsp3) is 0.438. The number of Topliss-reactive ketones (excluding diaryl/α,β-unsaturated/α-hetero) is 1. The van der Waals surface area contributed by atoms with Crippen LogP contribution < -0.4 is 5.32 Å².